The summed E-state index contributed by atoms with van der Waals surface area (Å²) < 4.78 is 1.43. The van der Waals surface area contributed by atoms with Gasteiger partial charge in [-0.3, -0.25) is 14.4 Å². The summed E-state index contributed by atoms with van der Waals surface area (Å²) in [6, 6.07) is 3.61. The van der Waals surface area contributed by atoms with Crippen molar-refractivity contribution >= 4 is 47.0 Å². The number of carboxylic acids is 1. The number of carbonyl (C=O) groups is 3. The van der Waals surface area contributed by atoms with E-state index in [0.29, 0.717) is 34.0 Å². The lowest BCUT2D eigenvalue weighted by Gasteiger charge is -2.34. The van der Waals surface area contributed by atoms with E-state index >= 15 is 0 Å². The molecule has 0 aliphatic carbocycles. The lowest BCUT2D eigenvalue weighted by Crippen LogP contribution is -2.47. The zero-order valence-electron chi connectivity index (χ0n) is 19.0. The van der Waals surface area contributed by atoms with Gasteiger partial charge in [-0.05, 0) is 38.8 Å². The van der Waals surface area contributed by atoms with Gasteiger partial charge >= 0.3 is 5.97 Å². The molecule has 0 bridgehead atoms. The van der Waals surface area contributed by atoms with Crippen molar-refractivity contribution < 1.29 is 19.5 Å². The Morgan fingerprint density at radius 3 is 2.62 bits per heavy atom. The molecular formula is C22H27ClN6O4S. The Balaban J connectivity index is 1.53. The van der Waals surface area contributed by atoms with Crippen molar-refractivity contribution in [2.45, 2.75) is 56.3 Å². The fourth-order valence-corrected chi connectivity index (χ4v) is 5.48. The van der Waals surface area contributed by atoms with Crippen LogP contribution in [0.5, 0.6) is 0 Å². The number of nitrogens with one attached hydrogen (secondary N) is 2. The van der Waals surface area contributed by atoms with Crippen molar-refractivity contribution in [2.75, 3.05) is 18.4 Å². The van der Waals surface area contributed by atoms with E-state index in [9.17, 15) is 19.5 Å². The zero-order chi connectivity index (χ0) is 24.4. The van der Waals surface area contributed by atoms with Crippen molar-refractivity contribution in [3.8, 4) is 0 Å². The molecule has 4 rings (SSSR count). The Hall–Kier alpha value is -2.63. The van der Waals surface area contributed by atoms with Crippen LogP contribution in [0.15, 0.2) is 18.3 Å². The molecule has 2 amide bonds. The number of likely N-dealkylation sites (tertiary alicyclic amines) is 1. The van der Waals surface area contributed by atoms with Gasteiger partial charge in [0, 0.05) is 37.1 Å². The molecule has 0 saturated carbocycles. The van der Waals surface area contributed by atoms with Gasteiger partial charge in [0.05, 0.1) is 16.4 Å². The second-order valence-electron chi connectivity index (χ2n) is 8.67. The molecule has 4 heterocycles. The maximum absolute atomic E-state index is 13.2. The lowest BCUT2D eigenvalue weighted by molar-refractivity contribution is -0.136. The molecule has 12 heteroatoms. The molecule has 2 aromatic rings. The average Bonchev–Trinajstić information content (AvgIpc) is 3.36. The van der Waals surface area contributed by atoms with Crippen LogP contribution in [0.1, 0.15) is 53.9 Å². The third-order valence-corrected chi connectivity index (χ3v) is 7.46. The number of rotatable bonds is 7. The third-order valence-electron chi connectivity index (χ3n) is 6.04. The molecule has 0 aromatic carbocycles. The number of aromatic nitrogens is 3. The first-order valence-corrected chi connectivity index (χ1v) is 12.6. The highest BCUT2D eigenvalue weighted by Gasteiger charge is 2.38. The Kier molecular flexibility index (Phi) is 7.44. The predicted molar refractivity (Wildman–Crippen MR) is 129 cm³/mol. The fraction of sp³-hybridized carbons (Fsp3) is 0.500. The smallest absolute Gasteiger partial charge is 0.322 e. The molecule has 1 saturated heterocycles. The van der Waals surface area contributed by atoms with Crippen molar-refractivity contribution in [2.24, 2.45) is 0 Å². The minimum atomic E-state index is -1.03. The van der Waals surface area contributed by atoms with Gasteiger partial charge in [-0.25, -0.2) is 9.97 Å². The summed E-state index contributed by atoms with van der Waals surface area (Å²) in [5.74, 6) is -1.15. The normalized spacial score (nSPS) is 18.6. The van der Waals surface area contributed by atoms with E-state index in [-0.39, 0.29) is 18.4 Å². The topological polar surface area (TPSA) is 129 Å². The highest BCUT2D eigenvalue weighted by Crippen LogP contribution is 2.42. The number of fused-ring (bicyclic) bond motifs is 1. The number of aliphatic carboxylic acids is 1. The van der Waals surface area contributed by atoms with Gasteiger partial charge in [-0.15, -0.1) is 11.8 Å². The molecule has 2 aliphatic heterocycles. The summed E-state index contributed by atoms with van der Waals surface area (Å²) >= 11 is 7.05. The van der Waals surface area contributed by atoms with Crippen LogP contribution in [0.25, 0.3) is 0 Å². The van der Waals surface area contributed by atoms with Gasteiger partial charge in [-0.2, -0.15) is 0 Å². The van der Waals surface area contributed by atoms with Crippen molar-refractivity contribution in [1.82, 2.24) is 24.8 Å². The average molecular weight is 507 g/mol. The summed E-state index contributed by atoms with van der Waals surface area (Å²) in [5, 5.41) is 14.9. The van der Waals surface area contributed by atoms with Crippen LogP contribution >= 0.6 is 23.4 Å². The number of anilines is 1. The Bertz CT molecular complexity index is 1080. The lowest BCUT2D eigenvalue weighted by atomic mass is 10.0. The number of carbonyl (C=O) groups excluding carboxylic acids is 2. The van der Waals surface area contributed by atoms with Crippen LogP contribution in [-0.4, -0.2) is 67.5 Å². The molecule has 3 N–H and O–H groups in total. The standard InChI is InChI=1S/C22H27ClN6O4S/c1-12(2)28-7-5-14(6-8-28)25-21(31)20-26-15-11-34-19(22(32)33)18(15)29(20)10-17(30)27-16-4-3-13(23)9-24-16/h3-4,9,12,14,19H,5-8,10-11H2,1-2H3,(H,25,31)(H,32,33)(H,24,27,30). The SMILES string of the molecule is CC(C)N1CCC(NC(=O)c2nc3c(n2CC(=O)Nc2ccc(Cl)cn2)C(C(=O)O)SC3)CC1. The van der Waals surface area contributed by atoms with Gasteiger partial charge in [0.25, 0.3) is 5.91 Å². The van der Waals surface area contributed by atoms with E-state index in [4.69, 9.17) is 11.6 Å². The number of nitrogens with zero attached hydrogens (tertiary/aromatic N) is 4. The van der Waals surface area contributed by atoms with Crippen LogP contribution in [0.3, 0.4) is 0 Å². The number of hydrogen-bond donors (Lipinski definition) is 3. The van der Waals surface area contributed by atoms with E-state index in [1.165, 1.54) is 22.5 Å². The van der Waals surface area contributed by atoms with Gasteiger partial charge in [0.15, 0.2) is 5.82 Å². The Morgan fingerprint density at radius 1 is 1.26 bits per heavy atom. The number of imidazole rings is 1. The van der Waals surface area contributed by atoms with Crippen LogP contribution in [0, 0.1) is 0 Å². The van der Waals surface area contributed by atoms with Crippen molar-refractivity contribution in [1.29, 1.82) is 0 Å². The molecule has 2 aliphatic rings. The van der Waals surface area contributed by atoms with Gasteiger partial charge in [-0.1, -0.05) is 11.6 Å². The van der Waals surface area contributed by atoms with Crippen molar-refractivity contribution in [3.05, 3.63) is 40.6 Å². The van der Waals surface area contributed by atoms with Gasteiger partial charge in [0.1, 0.15) is 17.6 Å². The third kappa shape index (κ3) is 5.37. The van der Waals surface area contributed by atoms with E-state index in [2.05, 4.69) is 39.3 Å². The molecule has 0 spiro atoms. The zero-order valence-corrected chi connectivity index (χ0v) is 20.5. The van der Waals surface area contributed by atoms with Crippen LogP contribution in [0.2, 0.25) is 5.02 Å². The highest BCUT2D eigenvalue weighted by atomic mass is 35.5. The van der Waals surface area contributed by atoms with Gasteiger partial charge in [0.2, 0.25) is 5.91 Å². The summed E-state index contributed by atoms with van der Waals surface area (Å²) in [5.41, 5.74) is 0.908. The molecule has 182 valence electrons. The Labute approximate surface area is 206 Å². The maximum atomic E-state index is 13.2. The van der Waals surface area contributed by atoms with E-state index in [0.717, 1.165) is 25.9 Å². The Morgan fingerprint density at radius 2 is 2.00 bits per heavy atom. The number of piperidine rings is 1. The summed E-state index contributed by atoms with van der Waals surface area (Å²) in [4.78, 5) is 48.6. The number of thioether (sulfide) groups is 1. The maximum Gasteiger partial charge on any atom is 0.322 e. The van der Waals surface area contributed by atoms with Crippen molar-refractivity contribution in [3.63, 3.8) is 0 Å². The predicted octanol–water partition coefficient (Wildman–Crippen LogP) is 2.55. The van der Waals surface area contributed by atoms with Crippen LogP contribution < -0.4 is 10.6 Å². The minimum absolute atomic E-state index is 0.000713. The van der Waals surface area contributed by atoms with E-state index < -0.39 is 23.0 Å². The first kappa shape index (κ1) is 24.5. The largest absolute Gasteiger partial charge is 0.480 e. The number of hydrogen-bond acceptors (Lipinski definition) is 7. The number of amides is 2. The summed E-state index contributed by atoms with van der Waals surface area (Å²) in [7, 11) is 0. The van der Waals surface area contributed by atoms with E-state index in [1.54, 1.807) is 12.1 Å². The van der Waals surface area contributed by atoms with Gasteiger partial charge < -0.3 is 25.2 Å². The first-order valence-electron chi connectivity index (χ1n) is 11.1. The molecule has 10 nitrogen and oxygen atoms in total. The monoisotopic (exact) mass is 506 g/mol. The summed E-state index contributed by atoms with van der Waals surface area (Å²) in [6.07, 6.45) is 3.05. The molecule has 1 unspecified atom stereocenters. The van der Waals surface area contributed by atoms with Crippen LogP contribution in [-0.2, 0) is 21.9 Å². The molecule has 1 fully saturated rings. The first-order chi connectivity index (χ1) is 16.2. The number of carboxylic acid groups (broad SMARTS) is 1. The minimum Gasteiger partial charge on any atom is -0.480 e. The second-order valence-corrected chi connectivity index (χ2v) is 10.2. The molecule has 1 atom stereocenters. The molecule has 34 heavy (non-hydrogen) atoms. The fourth-order valence-electron chi connectivity index (χ4n) is 4.26. The van der Waals surface area contributed by atoms with Crippen LogP contribution in [0.4, 0.5) is 5.82 Å². The molecule has 0 radical (unpaired) electrons. The second kappa shape index (κ2) is 10.3. The molecular weight excluding hydrogens is 480 g/mol. The highest BCUT2D eigenvalue weighted by molar-refractivity contribution is 7.99. The summed E-state index contributed by atoms with van der Waals surface area (Å²) in [6.45, 7) is 5.83. The number of halogens is 1. The number of pyridine rings is 1. The quantitative estimate of drug-likeness (QED) is 0.522. The van der Waals surface area contributed by atoms with E-state index in [1.807, 2.05) is 0 Å². The molecule has 2 aromatic heterocycles.